The van der Waals surface area contributed by atoms with Crippen LogP contribution in [0, 0.1) is 5.82 Å². The lowest BCUT2D eigenvalue weighted by Crippen LogP contribution is -2.19. The summed E-state index contributed by atoms with van der Waals surface area (Å²) in [7, 11) is 1.80. The van der Waals surface area contributed by atoms with Crippen molar-refractivity contribution in [1.29, 1.82) is 0 Å². The third kappa shape index (κ3) is 3.34. The molecule has 0 aliphatic rings. The first-order valence-electron chi connectivity index (χ1n) is 8.90. The summed E-state index contributed by atoms with van der Waals surface area (Å²) in [6.45, 7) is 0. The van der Waals surface area contributed by atoms with Crippen LogP contribution in [0.25, 0.3) is 27.6 Å². The number of anilines is 2. The highest BCUT2D eigenvalue weighted by Gasteiger charge is 2.15. The largest absolute Gasteiger partial charge is 0.388 e. The number of amides is 1. The molecule has 0 saturated carbocycles. The zero-order valence-corrected chi connectivity index (χ0v) is 15.5. The number of nitrogens with one attached hydrogen (secondary N) is 2. The molecule has 6 nitrogen and oxygen atoms in total. The summed E-state index contributed by atoms with van der Waals surface area (Å²) >= 11 is 0. The van der Waals surface area contributed by atoms with Gasteiger partial charge in [0.05, 0.1) is 5.69 Å². The number of carbonyl (C=O) groups is 1. The molecule has 4 rings (SSSR count). The molecule has 0 aliphatic heterocycles. The van der Waals surface area contributed by atoms with Crippen LogP contribution in [0.4, 0.5) is 15.8 Å². The zero-order valence-electron chi connectivity index (χ0n) is 15.5. The molecule has 0 unspecified atom stereocenters. The van der Waals surface area contributed by atoms with Gasteiger partial charge in [-0.3, -0.25) is 19.1 Å². The quantitative estimate of drug-likeness (QED) is 0.510. The molecule has 2 aromatic carbocycles. The van der Waals surface area contributed by atoms with Crippen LogP contribution in [0.1, 0.15) is 0 Å². The lowest BCUT2D eigenvalue weighted by Gasteiger charge is -2.15. The highest BCUT2D eigenvalue weighted by Crippen LogP contribution is 2.30. The summed E-state index contributed by atoms with van der Waals surface area (Å²) in [6, 6.07) is 13.3. The monoisotopic (exact) mass is 388 g/mol. The van der Waals surface area contributed by atoms with Gasteiger partial charge in [0.15, 0.2) is 0 Å². The van der Waals surface area contributed by atoms with E-state index in [4.69, 9.17) is 0 Å². The maximum atomic E-state index is 14.8. The first kappa shape index (κ1) is 18.4. The number of benzene rings is 2. The SMILES string of the molecule is CNc1ccc2c(=O)n(-c3ccc(NC=O)cc3F)cc(-c3ccncc3)c2c1. The minimum absolute atomic E-state index is 0.0985. The van der Waals surface area contributed by atoms with Gasteiger partial charge in [0, 0.05) is 48.0 Å². The molecule has 0 radical (unpaired) electrons. The molecule has 4 aromatic rings. The van der Waals surface area contributed by atoms with Gasteiger partial charge >= 0.3 is 0 Å². The third-order valence-electron chi connectivity index (χ3n) is 4.73. The Morgan fingerprint density at radius 1 is 1.00 bits per heavy atom. The maximum absolute atomic E-state index is 14.8. The van der Waals surface area contributed by atoms with Gasteiger partial charge in [0.1, 0.15) is 5.82 Å². The smallest absolute Gasteiger partial charge is 0.263 e. The normalized spacial score (nSPS) is 10.7. The van der Waals surface area contributed by atoms with Gasteiger partial charge in [0.25, 0.3) is 5.56 Å². The Hall–Kier alpha value is -4.00. The van der Waals surface area contributed by atoms with Crippen molar-refractivity contribution >= 4 is 28.6 Å². The van der Waals surface area contributed by atoms with E-state index in [-0.39, 0.29) is 11.2 Å². The fourth-order valence-electron chi connectivity index (χ4n) is 3.30. The van der Waals surface area contributed by atoms with Crippen LogP contribution >= 0.6 is 0 Å². The molecule has 1 amide bonds. The van der Waals surface area contributed by atoms with E-state index >= 15 is 0 Å². The van der Waals surface area contributed by atoms with Gasteiger partial charge in [-0.1, -0.05) is 0 Å². The predicted molar refractivity (Wildman–Crippen MR) is 112 cm³/mol. The standard InChI is InChI=1S/C22H17FN4O2/c1-24-15-2-4-17-18(10-15)19(14-6-8-25-9-7-14)12-27(22(17)29)21-5-3-16(26-13-28)11-20(21)23/h2-13,24H,1H3,(H,26,28). The summed E-state index contributed by atoms with van der Waals surface area (Å²) in [6.07, 6.45) is 5.43. The molecular formula is C22H17FN4O2. The van der Waals surface area contributed by atoms with Gasteiger partial charge in [-0.05, 0) is 59.5 Å². The van der Waals surface area contributed by atoms with Crippen molar-refractivity contribution in [2.75, 3.05) is 17.7 Å². The van der Waals surface area contributed by atoms with E-state index in [1.54, 1.807) is 43.8 Å². The van der Waals surface area contributed by atoms with Gasteiger partial charge in [0.2, 0.25) is 6.41 Å². The van der Waals surface area contributed by atoms with Gasteiger partial charge in [-0.25, -0.2) is 4.39 Å². The number of pyridine rings is 2. The summed E-state index contributed by atoms with van der Waals surface area (Å²) in [5, 5.41) is 6.69. The highest BCUT2D eigenvalue weighted by atomic mass is 19.1. The molecule has 0 spiro atoms. The van der Waals surface area contributed by atoms with Gasteiger partial charge < -0.3 is 10.6 Å². The molecule has 29 heavy (non-hydrogen) atoms. The van der Waals surface area contributed by atoms with Crippen molar-refractivity contribution in [2.45, 2.75) is 0 Å². The zero-order chi connectivity index (χ0) is 20.4. The summed E-state index contributed by atoms with van der Waals surface area (Å²) < 4.78 is 16.0. The van der Waals surface area contributed by atoms with Crippen molar-refractivity contribution in [3.63, 3.8) is 0 Å². The highest BCUT2D eigenvalue weighted by molar-refractivity contribution is 5.97. The summed E-state index contributed by atoms with van der Waals surface area (Å²) in [4.78, 5) is 27.8. The van der Waals surface area contributed by atoms with Crippen molar-refractivity contribution < 1.29 is 9.18 Å². The number of halogens is 1. The molecule has 7 heteroatoms. The fourth-order valence-corrected chi connectivity index (χ4v) is 3.30. The Kier molecular flexibility index (Phi) is 4.78. The molecule has 0 fully saturated rings. The Labute approximate surface area is 165 Å². The Morgan fingerprint density at radius 3 is 2.45 bits per heavy atom. The molecule has 0 saturated heterocycles. The molecule has 2 aromatic heterocycles. The first-order chi connectivity index (χ1) is 14.1. The molecule has 0 aliphatic carbocycles. The van der Waals surface area contributed by atoms with Gasteiger partial charge in [-0.15, -0.1) is 0 Å². The number of nitrogens with zero attached hydrogens (tertiary/aromatic N) is 2. The number of rotatable bonds is 5. The van der Waals surface area contributed by atoms with Gasteiger partial charge in [-0.2, -0.15) is 0 Å². The van der Waals surface area contributed by atoms with Crippen LogP contribution in [0.5, 0.6) is 0 Å². The van der Waals surface area contributed by atoms with E-state index in [1.807, 2.05) is 18.2 Å². The third-order valence-corrected chi connectivity index (χ3v) is 4.73. The second kappa shape index (κ2) is 7.55. The minimum Gasteiger partial charge on any atom is -0.388 e. The van der Waals surface area contributed by atoms with E-state index in [2.05, 4.69) is 15.6 Å². The lowest BCUT2D eigenvalue weighted by atomic mass is 10.0. The van der Waals surface area contributed by atoms with Crippen molar-refractivity contribution in [2.24, 2.45) is 0 Å². The number of aromatic nitrogens is 2. The summed E-state index contributed by atoms with van der Waals surface area (Å²) in [5.41, 5.74) is 2.56. The minimum atomic E-state index is -0.620. The molecule has 0 bridgehead atoms. The van der Waals surface area contributed by atoms with E-state index < -0.39 is 5.82 Å². The number of carbonyl (C=O) groups excluding carboxylic acids is 1. The fraction of sp³-hybridized carbons (Fsp3) is 0.0455. The van der Waals surface area contributed by atoms with Crippen LogP contribution in [-0.4, -0.2) is 23.0 Å². The second-order valence-electron chi connectivity index (χ2n) is 6.39. The van der Waals surface area contributed by atoms with Crippen LogP contribution in [0.2, 0.25) is 0 Å². The molecule has 2 N–H and O–H groups in total. The Morgan fingerprint density at radius 2 is 1.76 bits per heavy atom. The molecular weight excluding hydrogens is 371 g/mol. The number of hydrogen-bond acceptors (Lipinski definition) is 4. The number of fused-ring (bicyclic) bond motifs is 1. The Bertz CT molecular complexity index is 1270. The van der Waals surface area contributed by atoms with E-state index in [9.17, 15) is 14.0 Å². The van der Waals surface area contributed by atoms with E-state index in [0.29, 0.717) is 17.5 Å². The summed E-state index contributed by atoms with van der Waals surface area (Å²) in [5.74, 6) is -0.620. The average Bonchev–Trinajstić information content (AvgIpc) is 2.75. The average molecular weight is 388 g/mol. The van der Waals surface area contributed by atoms with Crippen molar-refractivity contribution in [3.05, 3.63) is 83.3 Å². The number of hydrogen-bond donors (Lipinski definition) is 2. The Balaban J connectivity index is 2.03. The lowest BCUT2D eigenvalue weighted by molar-refractivity contribution is -0.105. The van der Waals surface area contributed by atoms with Crippen LogP contribution < -0.4 is 16.2 Å². The molecule has 0 atom stereocenters. The van der Waals surface area contributed by atoms with E-state index in [1.165, 1.54) is 16.7 Å². The first-order valence-corrected chi connectivity index (χ1v) is 8.90. The molecule has 2 heterocycles. The maximum Gasteiger partial charge on any atom is 0.263 e. The molecule has 144 valence electrons. The van der Waals surface area contributed by atoms with Crippen LogP contribution in [0.15, 0.2) is 71.9 Å². The topological polar surface area (TPSA) is 76.0 Å². The van der Waals surface area contributed by atoms with E-state index in [0.717, 1.165) is 22.2 Å². The van der Waals surface area contributed by atoms with Crippen LogP contribution in [0.3, 0.4) is 0 Å². The second-order valence-corrected chi connectivity index (χ2v) is 6.39. The van der Waals surface area contributed by atoms with Crippen molar-refractivity contribution in [3.8, 4) is 16.8 Å². The van der Waals surface area contributed by atoms with Crippen LogP contribution in [-0.2, 0) is 4.79 Å². The van der Waals surface area contributed by atoms with Crippen molar-refractivity contribution in [1.82, 2.24) is 9.55 Å². The predicted octanol–water partition coefficient (Wildman–Crippen LogP) is 3.80.